The topological polar surface area (TPSA) is 91.4 Å². The SMILES string of the molecule is O=CNCCc1c(C(C2=C(O)C(Cc3ccccc3)OC2=O)c2ccccc2F)[nH]c2ccccc12. The number of halogens is 1. The smallest absolute Gasteiger partial charge is 0.339 e. The van der Waals surface area contributed by atoms with Gasteiger partial charge in [0.2, 0.25) is 6.41 Å². The summed E-state index contributed by atoms with van der Waals surface area (Å²) in [5.74, 6) is -2.32. The highest BCUT2D eigenvalue weighted by molar-refractivity contribution is 5.95. The number of fused-ring (bicyclic) bond motifs is 1. The van der Waals surface area contributed by atoms with E-state index < -0.39 is 23.8 Å². The fraction of sp³-hybridized carbons (Fsp3) is 0.172. The van der Waals surface area contributed by atoms with E-state index >= 15 is 4.39 Å². The van der Waals surface area contributed by atoms with Crippen LogP contribution < -0.4 is 5.32 Å². The Morgan fingerprint density at radius 3 is 2.53 bits per heavy atom. The van der Waals surface area contributed by atoms with E-state index in [9.17, 15) is 14.7 Å². The zero-order chi connectivity index (χ0) is 25.1. The third kappa shape index (κ3) is 4.35. The third-order valence-corrected chi connectivity index (χ3v) is 6.56. The fourth-order valence-corrected chi connectivity index (χ4v) is 4.92. The lowest BCUT2D eigenvalue weighted by molar-refractivity contribution is -0.140. The van der Waals surface area contributed by atoms with Crippen LogP contribution in [0.4, 0.5) is 4.39 Å². The fourth-order valence-electron chi connectivity index (χ4n) is 4.92. The van der Waals surface area contributed by atoms with Crippen molar-refractivity contribution in [1.29, 1.82) is 0 Å². The van der Waals surface area contributed by atoms with Gasteiger partial charge < -0.3 is 20.1 Å². The molecule has 0 radical (unpaired) electrons. The summed E-state index contributed by atoms with van der Waals surface area (Å²) in [5, 5.41) is 14.8. The number of hydrogen-bond acceptors (Lipinski definition) is 4. The number of rotatable bonds is 9. The maximum absolute atomic E-state index is 15.2. The van der Waals surface area contributed by atoms with Gasteiger partial charge in [-0.3, -0.25) is 4.79 Å². The van der Waals surface area contributed by atoms with Gasteiger partial charge in [0.25, 0.3) is 0 Å². The number of benzene rings is 3. The highest BCUT2D eigenvalue weighted by Crippen LogP contribution is 2.42. The van der Waals surface area contributed by atoms with E-state index in [1.807, 2.05) is 54.6 Å². The molecule has 1 amide bonds. The minimum atomic E-state index is -0.932. The van der Waals surface area contributed by atoms with Crippen LogP contribution in [0.2, 0.25) is 0 Å². The number of H-pyrrole nitrogens is 1. The number of esters is 1. The van der Waals surface area contributed by atoms with Gasteiger partial charge in [-0.1, -0.05) is 66.7 Å². The van der Waals surface area contributed by atoms with Gasteiger partial charge in [0.15, 0.2) is 6.10 Å². The van der Waals surface area contributed by atoms with Crippen molar-refractivity contribution in [3.63, 3.8) is 0 Å². The zero-order valence-electron chi connectivity index (χ0n) is 19.4. The maximum Gasteiger partial charge on any atom is 0.339 e. The molecule has 2 heterocycles. The quantitative estimate of drug-likeness (QED) is 0.182. The summed E-state index contributed by atoms with van der Waals surface area (Å²) in [4.78, 5) is 27.5. The second-order valence-electron chi connectivity index (χ2n) is 8.72. The largest absolute Gasteiger partial charge is 0.508 e. The van der Waals surface area contributed by atoms with Crippen molar-refractivity contribution in [3.8, 4) is 0 Å². The van der Waals surface area contributed by atoms with Gasteiger partial charge in [0.05, 0.1) is 11.5 Å². The van der Waals surface area contributed by atoms with E-state index in [-0.39, 0.29) is 16.9 Å². The van der Waals surface area contributed by atoms with Gasteiger partial charge in [-0.25, -0.2) is 9.18 Å². The van der Waals surface area contributed by atoms with Crippen LogP contribution >= 0.6 is 0 Å². The number of ether oxygens (including phenoxy) is 1. The number of aromatic amines is 1. The lowest BCUT2D eigenvalue weighted by Gasteiger charge is -2.19. The Labute approximate surface area is 207 Å². The van der Waals surface area contributed by atoms with Crippen molar-refractivity contribution >= 4 is 23.3 Å². The number of cyclic esters (lactones) is 1. The van der Waals surface area contributed by atoms with Crippen molar-refractivity contribution in [2.24, 2.45) is 0 Å². The average molecular weight is 485 g/mol. The van der Waals surface area contributed by atoms with E-state index in [2.05, 4.69) is 10.3 Å². The summed E-state index contributed by atoms with van der Waals surface area (Å²) in [5.41, 5.74) is 3.37. The Morgan fingerprint density at radius 2 is 1.75 bits per heavy atom. The van der Waals surface area contributed by atoms with Crippen LogP contribution in [-0.4, -0.2) is 35.1 Å². The molecule has 6 nitrogen and oxygen atoms in total. The second-order valence-corrected chi connectivity index (χ2v) is 8.72. The first kappa shape index (κ1) is 23.4. The highest BCUT2D eigenvalue weighted by atomic mass is 19.1. The molecule has 1 aliphatic heterocycles. The van der Waals surface area contributed by atoms with Crippen molar-refractivity contribution in [1.82, 2.24) is 10.3 Å². The van der Waals surface area contributed by atoms with Crippen LogP contribution in [0, 0.1) is 5.82 Å². The van der Waals surface area contributed by atoms with Crippen molar-refractivity contribution < 1.29 is 23.8 Å². The van der Waals surface area contributed by atoms with Crippen LogP contribution in [-0.2, 0) is 27.2 Å². The van der Waals surface area contributed by atoms with Crippen molar-refractivity contribution in [3.05, 3.63) is 118 Å². The number of aliphatic hydroxyl groups is 1. The molecule has 3 aromatic carbocycles. The van der Waals surface area contributed by atoms with Crippen LogP contribution in [0.5, 0.6) is 0 Å². The van der Waals surface area contributed by atoms with Gasteiger partial charge in [-0.15, -0.1) is 0 Å². The maximum atomic E-state index is 15.2. The molecule has 3 N–H and O–H groups in total. The van der Waals surface area contributed by atoms with E-state index in [0.29, 0.717) is 31.5 Å². The molecule has 7 heteroatoms. The number of aliphatic hydroxyl groups excluding tert-OH is 1. The predicted octanol–water partition coefficient (Wildman–Crippen LogP) is 4.71. The summed E-state index contributed by atoms with van der Waals surface area (Å²) >= 11 is 0. The molecule has 2 atom stereocenters. The number of para-hydroxylation sites is 1. The Morgan fingerprint density at radius 1 is 1.03 bits per heavy atom. The van der Waals surface area contributed by atoms with Crippen molar-refractivity contribution in [2.45, 2.75) is 24.9 Å². The van der Waals surface area contributed by atoms with Crippen LogP contribution in [0.15, 0.2) is 90.2 Å². The first-order valence-corrected chi connectivity index (χ1v) is 11.8. The molecule has 182 valence electrons. The Bertz CT molecular complexity index is 1440. The molecule has 5 rings (SSSR count). The summed E-state index contributed by atoms with van der Waals surface area (Å²) in [6.07, 6.45) is 0.502. The van der Waals surface area contributed by atoms with Gasteiger partial charge in [-0.05, 0) is 29.7 Å². The number of aromatic nitrogens is 1. The highest BCUT2D eigenvalue weighted by Gasteiger charge is 2.42. The lowest BCUT2D eigenvalue weighted by Crippen LogP contribution is -2.18. The molecule has 0 spiro atoms. The first-order chi connectivity index (χ1) is 17.6. The molecular weight excluding hydrogens is 459 g/mol. The minimum absolute atomic E-state index is 0.0113. The number of nitrogens with one attached hydrogen (secondary N) is 2. The normalized spacial score (nSPS) is 16.2. The van der Waals surface area contributed by atoms with Gasteiger partial charge >= 0.3 is 5.97 Å². The summed E-state index contributed by atoms with van der Waals surface area (Å²) in [6, 6.07) is 23.2. The number of amides is 1. The van der Waals surface area contributed by atoms with Gasteiger partial charge in [0.1, 0.15) is 11.6 Å². The van der Waals surface area contributed by atoms with Gasteiger partial charge in [-0.2, -0.15) is 0 Å². The minimum Gasteiger partial charge on any atom is -0.508 e. The molecule has 0 fully saturated rings. The number of hydrogen-bond donors (Lipinski definition) is 3. The second kappa shape index (κ2) is 10.1. The summed E-state index contributed by atoms with van der Waals surface area (Å²) < 4.78 is 20.9. The van der Waals surface area contributed by atoms with Crippen molar-refractivity contribution in [2.75, 3.05) is 6.54 Å². The number of carbonyl (C=O) groups is 2. The third-order valence-electron chi connectivity index (χ3n) is 6.56. The predicted molar refractivity (Wildman–Crippen MR) is 134 cm³/mol. The molecule has 0 saturated heterocycles. The molecule has 36 heavy (non-hydrogen) atoms. The molecule has 4 aromatic rings. The molecule has 2 unspecified atom stereocenters. The molecule has 1 aromatic heterocycles. The van der Waals surface area contributed by atoms with Crippen LogP contribution in [0.3, 0.4) is 0 Å². The molecule has 0 saturated carbocycles. The monoisotopic (exact) mass is 484 g/mol. The van der Waals surface area contributed by atoms with Crippen LogP contribution in [0.25, 0.3) is 10.9 Å². The lowest BCUT2D eigenvalue weighted by atomic mass is 9.84. The Kier molecular flexibility index (Phi) is 6.54. The van der Waals surface area contributed by atoms with E-state index in [1.165, 1.54) is 6.07 Å². The van der Waals surface area contributed by atoms with Gasteiger partial charge in [0, 0.05) is 35.1 Å². The standard InChI is InChI=1S/C29H25FN2O4/c30-22-12-6-4-11-21(22)25(26-28(34)24(36-29(26)35)16-18-8-2-1-3-9-18)27-20(14-15-31-17-33)19-10-5-7-13-23(19)32-27/h1-13,17,24-25,32,34H,14-16H2,(H,31,33). The Balaban J connectivity index is 1.67. The summed E-state index contributed by atoms with van der Waals surface area (Å²) in [6.45, 7) is 0.356. The molecule has 0 bridgehead atoms. The van der Waals surface area contributed by atoms with Crippen LogP contribution in [0.1, 0.15) is 28.3 Å². The van der Waals surface area contributed by atoms with E-state index in [4.69, 9.17) is 4.74 Å². The zero-order valence-corrected chi connectivity index (χ0v) is 19.4. The summed E-state index contributed by atoms with van der Waals surface area (Å²) in [7, 11) is 0. The van der Waals surface area contributed by atoms with E-state index in [0.717, 1.165) is 22.0 Å². The molecular formula is C29H25FN2O4. The number of carbonyl (C=O) groups excluding carboxylic acids is 2. The molecule has 1 aliphatic rings. The Hall–Kier alpha value is -4.39. The average Bonchev–Trinajstić information content (AvgIpc) is 3.38. The molecule has 0 aliphatic carbocycles. The first-order valence-electron chi connectivity index (χ1n) is 11.8. The van der Waals surface area contributed by atoms with E-state index in [1.54, 1.807) is 18.2 Å².